The van der Waals surface area contributed by atoms with Gasteiger partial charge in [-0.05, 0) is 30.3 Å². The molecule has 24 heavy (non-hydrogen) atoms. The lowest BCUT2D eigenvalue weighted by Gasteiger charge is -2.14. The number of pyridine rings is 1. The Balaban J connectivity index is 1.96. The highest BCUT2D eigenvalue weighted by atomic mass is 16.5. The number of nitrogens with zero attached hydrogens (tertiary/aromatic N) is 2. The second kappa shape index (κ2) is 6.58. The first kappa shape index (κ1) is 15.8. The van der Waals surface area contributed by atoms with Gasteiger partial charge in [0, 0.05) is 30.9 Å². The number of fused-ring (bicyclic) bond motifs is 1. The van der Waals surface area contributed by atoms with E-state index in [1.165, 1.54) is 7.11 Å². The third-order valence-electron chi connectivity index (χ3n) is 3.83. The molecule has 1 N–H and O–H groups in total. The van der Waals surface area contributed by atoms with Crippen molar-refractivity contribution in [1.82, 2.24) is 4.98 Å². The van der Waals surface area contributed by atoms with Crippen LogP contribution in [0.5, 0.6) is 5.75 Å². The normalized spacial score (nSPS) is 10.5. The van der Waals surface area contributed by atoms with Gasteiger partial charge in [0.1, 0.15) is 0 Å². The number of para-hydroxylation sites is 1. The summed E-state index contributed by atoms with van der Waals surface area (Å²) in [7, 11) is 5.48. The Morgan fingerprint density at radius 3 is 2.46 bits per heavy atom. The van der Waals surface area contributed by atoms with Gasteiger partial charge in [-0.3, -0.25) is 9.78 Å². The van der Waals surface area contributed by atoms with Gasteiger partial charge < -0.3 is 15.0 Å². The highest BCUT2D eigenvalue weighted by Crippen LogP contribution is 2.27. The third kappa shape index (κ3) is 3.01. The average Bonchev–Trinajstić information content (AvgIpc) is 2.61. The van der Waals surface area contributed by atoms with E-state index in [0.29, 0.717) is 11.3 Å². The molecule has 5 heteroatoms. The fraction of sp³-hybridized carbons (Fsp3) is 0.158. The second-order valence-corrected chi connectivity index (χ2v) is 5.61. The topological polar surface area (TPSA) is 54.5 Å². The zero-order valence-corrected chi connectivity index (χ0v) is 13.9. The first-order valence-electron chi connectivity index (χ1n) is 7.60. The van der Waals surface area contributed by atoms with E-state index in [1.54, 1.807) is 6.20 Å². The van der Waals surface area contributed by atoms with Crippen molar-refractivity contribution in [2.45, 2.75) is 0 Å². The number of aromatic nitrogens is 1. The number of benzene rings is 2. The summed E-state index contributed by atoms with van der Waals surface area (Å²) >= 11 is 0. The Bertz CT molecular complexity index is 873. The van der Waals surface area contributed by atoms with Gasteiger partial charge in [0.2, 0.25) is 0 Å². The SMILES string of the molecule is COc1cnc2ccccc2c1C(=O)Nc1ccc(N(C)C)cc1. The number of ether oxygens (including phenoxy) is 1. The molecule has 1 amide bonds. The van der Waals surface area contributed by atoms with E-state index >= 15 is 0 Å². The summed E-state index contributed by atoms with van der Waals surface area (Å²) in [5, 5.41) is 3.69. The number of hydrogen-bond donors (Lipinski definition) is 1. The highest BCUT2D eigenvalue weighted by molar-refractivity contribution is 6.14. The molecule has 3 rings (SSSR count). The van der Waals surface area contributed by atoms with Crippen molar-refractivity contribution < 1.29 is 9.53 Å². The van der Waals surface area contributed by atoms with Gasteiger partial charge in [-0.1, -0.05) is 18.2 Å². The van der Waals surface area contributed by atoms with Crippen LogP contribution in [0.15, 0.2) is 54.7 Å². The molecule has 0 unspecified atom stereocenters. The summed E-state index contributed by atoms with van der Waals surface area (Å²) in [6.07, 6.45) is 1.58. The van der Waals surface area contributed by atoms with Crippen LogP contribution in [0.1, 0.15) is 10.4 Å². The summed E-state index contributed by atoms with van der Waals surface area (Å²) in [6.45, 7) is 0. The average molecular weight is 321 g/mol. The van der Waals surface area contributed by atoms with Crippen molar-refractivity contribution in [2.24, 2.45) is 0 Å². The number of carbonyl (C=O) groups is 1. The maximum atomic E-state index is 12.8. The number of nitrogens with one attached hydrogen (secondary N) is 1. The Kier molecular flexibility index (Phi) is 4.33. The fourth-order valence-corrected chi connectivity index (χ4v) is 2.55. The molecule has 0 saturated carbocycles. The van der Waals surface area contributed by atoms with Crippen LogP contribution in [-0.4, -0.2) is 32.1 Å². The summed E-state index contributed by atoms with van der Waals surface area (Å²) in [4.78, 5) is 19.1. The minimum Gasteiger partial charge on any atom is -0.494 e. The van der Waals surface area contributed by atoms with Gasteiger partial charge in [0.05, 0.1) is 24.4 Å². The van der Waals surface area contributed by atoms with Crippen molar-refractivity contribution in [1.29, 1.82) is 0 Å². The number of hydrogen-bond acceptors (Lipinski definition) is 4. The molecule has 0 atom stereocenters. The van der Waals surface area contributed by atoms with Crippen molar-refractivity contribution in [3.63, 3.8) is 0 Å². The smallest absolute Gasteiger partial charge is 0.260 e. The van der Waals surface area contributed by atoms with Crippen molar-refractivity contribution in [3.05, 3.63) is 60.3 Å². The zero-order valence-electron chi connectivity index (χ0n) is 13.9. The van der Waals surface area contributed by atoms with Crippen LogP contribution in [0.2, 0.25) is 0 Å². The summed E-state index contributed by atoms with van der Waals surface area (Å²) in [6, 6.07) is 15.2. The second-order valence-electron chi connectivity index (χ2n) is 5.61. The van der Waals surface area contributed by atoms with Crippen LogP contribution in [-0.2, 0) is 0 Å². The minimum absolute atomic E-state index is 0.219. The molecule has 0 aliphatic rings. The molecule has 2 aromatic carbocycles. The molecule has 122 valence electrons. The predicted molar refractivity (Wildman–Crippen MR) is 97.0 cm³/mol. The molecule has 0 bridgehead atoms. The molecule has 1 heterocycles. The summed E-state index contributed by atoms with van der Waals surface area (Å²) in [5.41, 5.74) is 3.04. The standard InChI is InChI=1S/C19H19N3O2/c1-22(2)14-10-8-13(9-11-14)21-19(23)18-15-6-4-5-7-16(15)20-12-17(18)24-3/h4-12H,1-3H3,(H,21,23). The predicted octanol–water partition coefficient (Wildman–Crippen LogP) is 3.56. The van der Waals surface area contributed by atoms with Crippen molar-refractivity contribution in [3.8, 4) is 5.75 Å². The van der Waals surface area contributed by atoms with Gasteiger partial charge in [0.15, 0.2) is 5.75 Å². The van der Waals surface area contributed by atoms with Gasteiger partial charge in [-0.15, -0.1) is 0 Å². The molecule has 0 saturated heterocycles. The van der Waals surface area contributed by atoms with E-state index < -0.39 is 0 Å². The zero-order chi connectivity index (χ0) is 17.1. The lowest BCUT2D eigenvalue weighted by molar-refractivity contribution is 0.102. The molecule has 0 aliphatic heterocycles. The first-order chi connectivity index (χ1) is 11.6. The summed E-state index contributed by atoms with van der Waals surface area (Å²) < 4.78 is 5.33. The Morgan fingerprint density at radius 1 is 1.08 bits per heavy atom. The molecule has 0 radical (unpaired) electrons. The third-order valence-corrected chi connectivity index (χ3v) is 3.83. The molecular formula is C19H19N3O2. The van der Waals surface area contributed by atoms with E-state index in [2.05, 4.69) is 10.3 Å². The van der Waals surface area contributed by atoms with E-state index in [1.807, 2.05) is 67.5 Å². The van der Waals surface area contributed by atoms with Gasteiger partial charge >= 0.3 is 0 Å². The lowest BCUT2D eigenvalue weighted by atomic mass is 10.1. The Labute approximate surface area is 140 Å². The Morgan fingerprint density at radius 2 is 1.79 bits per heavy atom. The van der Waals surface area contributed by atoms with Gasteiger partial charge in [-0.2, -0.15) is 0 Å². The van der Waals surface area contributed by atoms with Gasteiger partial charge in [-0.25, -0.2) is 0 Å². The van der Waals surface area contributed by atoms with E-state index in [4.69, 9.17) is 4.74 Å². The molecule has 1 aromatic heterocycles. The van der Waals surface area contributed by atoms with Gasteiger partial charge in [0.25, 0.3) is 5.91 Å². The lowest BCUT2D eigenvalue weighted by Crippen LogP contribution is -2.14. The van der Waals surface area contributed by atoms with Crippen LogP contribution in [0, 0.1) is 0 Å². The van der Waals surface area contributed by atoms with Crippen LogP contribution in [0.4, 0.5) is 11.4 Å². The van der Waals surface area contributed by atoms with Crippen LogP contribution < -0.4 is 15.0 Å². The van der Waals surface area contributed by atoms with Crippen LogP contribution in [0.25, 0.3) is 10.9 Å². The number of methoxy groups -OCH3 is 1. The minimum atomic E-state index is -0.219. The highest BCUT2D eigenvalue weighted by Gasteiger charge is 2.17. The van der Waals surface area contributed by atoms with Crippen LogP contribution >= 0.6 is 0 Å². The number of amides is 1. The number of carbonyl (C=O) groups excluding carboxylic acids is 1. The number of anilines is 2. The molecule has 0 fully saturated rings. The largest absolute Gasteiger partial charge is 0.494 e. The first-order valence-corrected chi connectivity index (χ1v) is 7.60. The molecular weight excluding hydrogens is 302 g/mol. The van der Waals surface area contributed by atoms with E-state index in [-0.39, 0.29) is 5.91 Å². The fourth-order valence-electron chi connectivity index (χ4n) is 2.55. The molecule has 5 nitrogen and oxygen atoms in total. The monoisotopic (exact) mass is 321 g/mol. The van der Waals surface area contributed by atoms with E-state index in [9.17, 15) is 4.79 Å². The van der Waals surface area contributed by atoms with Crippen LogP contribution in [0.3, 0.4) is 0 Å². The van der Waals surface area contributed by atoms with E-state index in [0.717, 1.165) is 22.3 Å². The number of rotatable bonds is 4. The molecule has 0 spiro atoms. The van der Waals surface area contributed by atoms with Crippen molar-refractivity contribution >= 4 is 28.2 Å². The maximum absolute atomic E-state index is 12.8. The summed E-state index contributed by atoms with van der Waals surface area (Å²) in [5.74, 6) is 0.235. The maximum Gasteiger partial charge on any atom is 0.260 e. The quantitative estimate of drug-likeness (QED) is 0.798. The van der Waals surface area contributed by atoms with Crippen molar-refractivity contribution in [2.75, 3.05) is 31.4 Å². The molecule has 0 aliphatic carbocycles. The molecule has 3 aromatic rings. The Hall–Kier alpha value is -3.08.